The number of nitrogens with zero attached hydrogens (tertiary/aromatic N) is 3. The average molecular weight is 758 g/mol. The Morgan fingerprint density at radius 3 is 1.61 bits per heavy atom. The van der Waals surface area contributed by atoms with Crippen LogP contribution in [0.4, 0.5) is 0 Å². The van der Waals surface area contributed by atoms with Gasteiger partial charge in [-0.2, -0.15) is 0 Å². The smallest absolute Gasteiger partial charge is 0.178 e. The normalized spacial score (nSPS) is 15.9. The lowest BCUT2D eigenvalue weighted by Crippen LogP contribution is -2.35. The number of aromatic nitrogens is 3. The highest BCUT2D eigenvalue weighted by molar-refractivity contribution is 6.08. The van der Waals surface area contributed by atoms with Crippen LogP contribution in [0, 0.1) is 0 Å². The fourth-order valence-electron chi connectivity index (χ4n) is 9.24. The van der Waals surface area contributed by atoms with Gasteiger partial charge in [-0.3, -0.25) is 0 Å². The van der Waals surface area contributed by atoms with E-state index in [1.165, 1.54) is 27.6 Å². The SMILES string of the molecule is CC1(C)c2ccccc2-c2c1c1c(c3ccccc23)OC(c2ccc(-c3nc(-c4ccccc4)nc(-c4ccccc4)n3)cc2)(c2cccc(-c3ccccc3)c2)C=C1. The van der Waals surface area contributed by atoms with Crippen LogP contribution in [-0.4, -0.2) is 15.0 Å². The van der Waals surface area contributed by atoms with Gasteiger partial charge in [0.05, 0.1) is 0 Å². The largest absolute Gasteiger partial charge is 0.472 e. The molecule has 2 heterocycles. The third-order valence-corrected chi connectivity index (χ3v) is 12.1. The van der Waals surface area contributed by atoms with E-state index in [1.807, 2.05) is 60.7 Å². The predicted molar refractivity (Wildman–Crippen MR) is 240 cm³/mol. The fraction of sp³-hybridized carbons (Fsp3) is 0.0727. The Hall–Kier alpha value is -7.43. The van der Waals surface area contributed by atoms with Crippen molar-refractivity contribution in [3.05, 3.63) is 222 Å². The highest BCUT2D eigenvalue weighted by atomic mass is 16.5. The molecular formula is C55H39N3O. The minimum atomic E-state index is -0.952. The van der Waals surface area contributed by atoms with Crippen molar-refractivity contribution in [2.24, 2.45) is 0 Å². The Morgan fingerprint density at radius 2 is 0.966 bits per heavy atom. The molecule has 0 radical (unpaired) electrons. The molecule has 8 aromatic carbocycles. The van der Waals surface area contributed by atoms with E-state index in [-0.39, 0.29) is 5.41 Å². The van der Waals surface area contributed by atoms with E-state index in [9.17, 15) is 0 Å². The molecule has 0 N–H and O–H groups in total. The summed E-state index contributed by atoms with van der Waals surface area (Å²) in [6.45, 7) is 4.69. The van der Waals surface area contributed by atoms with Gasteiger partial charge in [-0.25, -0.2) is 15.0 Å². The van der Waals surface area contributed by atoms with E-state index in [0.717, 1.165) is 55.6 Å². The molecule has 1 aliphatic carbocycles. The molecule has 9 aromatic rings. The molecule has 1 aromatic heterocycles. The zero-order valence-corrected chi connectivity index (χ0v) is 32.8. The molecule has 0 bridgehead atoms. The molecule has 1 unspecified atom stereocenters. The van der Waals surface area contributed by atoms with Crippen LogP contribution in [0.15, 0.2) is 194 Å². The van der Waals surface area contributed by atoms with Crippen LogP contribution in [0.2, 0.25) is 0 Å². The predicted octanol–water partition coefficient (Wildman–Crippen LogP) is 13.3. The van der Waals surface area contributed by atoms with E-state index in [1.54, 1.807) is 0 Å². The van der Waals surface area contributed by atoms with Crippen molar-refractivity contribution in [3.63, 3.8) is 0 Å². The molecule has 0 saturated heterocycles. The Labute approximate surface area is 344 Å². The Kier molecular flexibility index (Phi) is 8.02. The van der Waals surface area contributed by atoms with E-state index in [4.69, 9.17) is 19.7 Å². The Balaban J connectivity index is 1.10. The number of hydrogen-bond donors (Lipinski definition) is 0. The molecule has 0 spiro atoms. The number of hydrogen-bond acceptors (Lipinski definition) is 4. The molecule has 2 aliphatic rings. The minimum absolute atomic E-state index is 0.218. The molecule has 11 rings (SSSR count). The molecule has 1 aliphatic heterocycles. The molecule has 4 nitrogen and oxygen atoms in total. The van der Waals surface area contributed by atoms with Crippen LogP contribution in [0.3, 0.4) is 0 Å². The van der Waals surface area contributed by atoms with Gasteiger partial charge in [0.25, 0.3) is 0 Å². The van der Waals surface area contributed by atoms with Crippen LogP contribution >= 0.6 is 0 Å². The maximum atomic E-state index is 7.68. The summed E-state index contributed by atoms with van der Waals surface area (Å²) < 4.78 is 7.68. The molecule has 0 amide bonds. The van der Waals surface area contributed by atoms with Crippen molar-refractivity contribution in [3.8, 4) is 62.2 Å². The van der Waals surface area contributed by atoms with Crippen LogP contribution in [0.1, 0.15) is 41.7 Å². The highest BCUT2D eigenvalue weighted by Gasteiger charge is 2.44. The van der Waals surface area contributed by atoms with Crippen LogP contribution in [0.5, 0.6) is 5.75 Å². The van der Waals surface area contributed by atoms with Crippen LogP contribution in [-0.2, 0) is 11.0 Å². The van der Waals surface area contributed by atoms with Gasteiger partial charge in [0, 0.05) is 44.2 Å². The van der Waals surface area contributed by atoms with Gasteiger partial charge in [0.15, 0.2) is 23.1 Å². The molecular weight excluding hydrogens is 719 g/mol. The van der Waals surface area contributed by atoms with Crippen molar-refractivity contribution in [1.82, 2.24) is 15.0 Å². The number of rotatable bonds is 6. The van der Waals surface area contributed by atoms with E-state index in [2.05, 4.69) is 153 Å². The molecule has 0 saturated carbocycles. The number of benzene rings is 8. The van der Waals surface area contributed by atoms with Crippen molar-refractivity contribution >= 4 is 16.8 Å². The zero-order valence-electron chi connectivity index (χ0n) is 32.8. The first kappa shape index (κ1) is 34.8. The molecule has 59 heavy (non-hydrogen) atoms. The van der Waals surface area contributed by atoms with Gasteiger partial charge >= 0.3 is 0 Å². The lowest BCUT2D eigenvalue weighted by atomic mass is 9.76. The van der Waals surface area contributed by atoms with Crippen molar-refractivity contribution in [2.75, 3.05) is 0 Å². The third-order valence-electron chi connectivity index (χ3n) is 12.1. The molecule has 1 atom stereocenters. The standard InChI is InChI=1S/C55H39N3O/c1-54(2)47-28-15-14-27-45(47)48-43-25-12-13-26-44(43)50-46(49(48)54)33-34-55(59-50,42-24-16-23-40(35-42)36-17-6-3-7-18-36)41-31-29-39(30-32-41)53-57-51(37-19-8-4-9-20-37)56-52(58-53)38-21-10-5-11-22-38/h3-35H,1-2H3. The maximum Gasteiger partial charge on any atom is 0.178 e. The van der Waals surface area contributed by atoms with Crippen molar-refractivity contribution in [2.45, 2.75) is 24.9 Å². The average Bonchev–Trinajstić information content (AvgIpc) is 3.56. The van der Waals surface area contributed by atoms with Crippen LogP contribution < -0.4 is 4.74 Å². The molecule has 280 valence electrons. The highest BCUT2D eigenvalue weighted by Crippen LogP contribution is 2.58. The van der Waals surface area contributed by atoms with Crippen molar-refractivity contribution < 1.29 is 4.74 Å². The summed E-state index contributed by atoms with van der Waals surface area (Å²) in [5.74, 6) is 2.77. The van der Waals surface area contributed by atoms with Gasteiger partial charge in [-0.15, -0.1) is 0 Å². The first-order chi connectivity index (χ1) is 29.0. The summed E-state index contributed by atoms with van der Waals surface area (Å²) in [7, 11) is 0. The summed E-state index contributed by atoms with van der Waals surface area (Å²) >= 11 is 0. The van der Waals surface area contributed by atoms with Gasteiger partial charge < -0.3 is 4.74 Å². The van der Waals surface area contributed by atoms with Gasteiger partial charge in [-0.05, 0) is 50.9 Å². The van der Waals surface area contributed by atoms with Gasteiger partial charge in [-0.1, -0.05) is 202 Å². The van der Waals surface area contributed by atoms with Gasteiger partial charge in [0.2, 0.25) is 0 Å². The first-order valence-electron chi connectivity index (χ1n) is 20.2. The second kappa shape index (κ2) is 13.6. The summed E-state index contributed by atoms with van der Waals surface area (Å²) in [6.07, 6.45) is 4.59. The van der Waals surface area contributed by atoms with E-state index < -0.39 is 5.60 Å². The zero-order chi connectivity index (χ0) is 39.6. The monoisotopic (exact) mass is 757 g/mol. The van der Waals surface area contributed by atoms with Crippen LogP contribution in [0.25, 0.3) is 73.3 Å². The lowest BCUT2D eigenvalue weighted by molar-refractivity contribution is 0.163. The van der Waals surface area contributed by atoms with Gasteiger partial charge in [0.1, 0.15) is 5.75 Å². The first-order valence-corrected chi connectivity index (χ1v) is 20.2. The van der Waals surface area contributed by atoms with Crippen molar-refractivity contribution in [1.29, 1.82) is 0 Å². The third kappa shape index (κ3) is 5.63. The summed E-state index contributed by atoms with van der Waals surface area (Å²) in [4.78, 5) is 15.0. The Bertz CT molecular complexity index is 3030. The van der Waals surface area contributed by atoms with E-state index >= 15 is 0 Å². The second-order valence-electron chi connectivity index (χ2n) is 15.9. The Morgan fingerprint density at radius 1 is 0.441 bits per heavy atom. The summed E-state index contributed by atoms with van der Waals surface area (Å²) in [5.41, 5.74) is 12.3. The summed E-state index contributed by atoms with van der Waals surface area (Å²) in [6, 6.07) is 65.7. The second-order valence-corrected chi connectivity index (χ2v) is 15.9. The molecule has 4 heteroatoms. The maximum absolute atomic E-state index is 7.68. The minimum Gasteiger partial charge on any atom is -0.472 e. The lowest BCUT2D eigenvalue weighted by Gasteiger charge is -2.38. The molecule has 0 fully saturated rings. The number of ether oxygens (including phenoxy) is 1. The number of fused-ring (bicyclic) bond motifs is 8. The summed E-state index contributed by atoms with van der Waals surface area (Å²) in [5, 5.41) is 2.31. The topological polar surface area (TPSA) is 47.9 Å². The van der Waals surface area contributed by atoms with E-state index in [0.29, 0.717) is 17.5 Å². The quantitative estimate of drug-likeness (QED) is 0.169. The fourth-order valence-corrected chi connectivity index (χ4v) is 9.24.